The molecule has 0 bridgehead atoms. The molecule has 2 atom stereocenters. The van der Waals surface area contributed by atoms with Gasteiger partial charge in [0.25, 0.3) is 0 Å². The van der Waals surface area contributed by atoms with Crippen molar-refractivity contribution in [2.45, 2.75) is 31.1 Å². The van der Waals surface area contributed by atoms with Crippen molar-refractivity contribution >= 4 is 38.2 Å². The van der Waals surface area contributed by atoms with E-state index in [2.05, 4.69) is 9.36 Å². The van der Waals surface area contributed by atoms with Crippen LogP contribution in [0.4, 0.5) is 4.39 Å². The third kappa shape index (κ3) is 2.58. The number of nitrogens with two attached hydrogens (primary N) is 1. The van der Waals surface area contributed by atoms with Crippen LogP contribution in [0.2, 0.25) is 0 Å². The largest absolute Gasteiger partial charge is 0.386 e. The van der Waals surface area contributed by atoms with Gasteiger partial charge in [-0.3, -0.25) is 4.99 Å². The first-order valence-corrected chi connectivity index (χ1v) is 9.03. The molecule has 1 aliphatic rings. The van der Waals surface area contributed by atoms with Gasteiger partial charge in [-0.25, -0.2) is 13.0 Å². The third-order valence-corrected chi connectivity index (χ3v) is 7.64. The summed E-state index contributed by atoms with van der Waals surface area (Å²) in [5.41, 5.74) is 4.98. The Balaban J connectivity index is 2.76. The lowest BCUT2D eigenvalue weighted by Crippen LogP contribution is -2.54. The van der Waals surface area contributed by atoms with Crippen molar-refractivity contribution in [3.05, 3.63) is 33.1 Å². The maximum atomic E-state index is 14.4. The van der Waals surface area contributed by atoms with Gasteiger partial charge in [-0.05, 0) is 61.6 Å². The number of amidine groups is 1. The summed E-state index contributed by atoms with van der Waals surface area (Å²) < 4.78 is 53.1. The molecule has 7 heteroatoms. The van der Waals surface area contributed by atoms with Crippen molar-refractivity contribution in [2.24, 2.45) is 15.1 Å². The summed E-state index contributed by atoms with van der Waals surface area (Å²) in [4.78, 5) is 4.39. The van der Waals surface area contributed by atoms with Crippen LogP contribution in [0.3, 0.4) is 0 Å². The number of rotatable bonds is 1. The van der Waals surface area contributed by atoms with Gasteiger partial charge in [0.2, 0.25) is 0 Å². The van der Waals surface area contributed by atoms with Gasteiger partial charge in [0.15, 0.2) is 0 Å². The Morgan fingerprint density at radius 3 is 2.81 bits per heavy atom. The van der Waals surface area contributed by atoms with Crippen molar-refractivity contribution in [1.82, 2.24) is 0 Å². The van der Waals surface area contributed by atoms with E-state index in [1.54, 1.807) is 32.9 Å². The lowest BCUT2D eigenvalue weighted by Gasteiger charge is -2.40. The van der Waals surface area contributed by atoms with Crippen LogP contribution < -0.4 is 5.73 Å². The number of halogens is 2. The lowest BCUT2D eigenvalue weighted by atomic mass is 9.93. The monoisotopic (exact) mass is 426 g/mol. The SMILES string of the molecule is [2H]C([2H])([2H])N=S1(=O)C[C@@](C)(c2cc(I)ccc2F)N=C(N)C1(C)C. The van der Waals surface area contributed by atoms with Crippen LogP contribution in [0.5, 0.6) is 0 Å². The smallest absolute Gasteiger partial charge is 0.128 e. The first-order chi connectivity index (χ1) is 10.7. The number of aliphatic imine (C=N–C) groups is 1. The molecule has 1 unspecified atom stereocenters. The molecule has 1 aromatic rings. The van der Waals surface area contributed by atoms with Crippen LogP contribution >= 0.6 is 22.6 Å². The maximum absolute atomic E-state index is 14.4. The minimum absolute atomic E-state index is 0.00695. The van der Waals surface area contributed by atoms with Gasteiger partial charge in [-0.2, -0.15) is 0 Å². The van der Waals surface area contributed by atoms with E-state index in [1.807, 2.05) is 22.6 Å². The van der Waals surface area contributed by atoms with Crippen LogP contribution in [0.25, 0.3) is 0 Å². The predicted octanol–water partition coefficient (Wildman–Crippen LogP) is 2.89. The molecule has 0 saturated carbocycles. The summed E-state index contributed by atoms with van der Waals surface area (Å²) in [5.74, 6) is -0.722. The van der Waals surface area contributed by atoms with Crippen molar-refractivity contribution in [3.8, 4) is 0 Å². The zero-order chi connectivity index (χ0) is 18.6. The molecular weight excluding hydrogens is 404 g/mol. The van der Waals surface area contributed by atoms with Crippen LogP contribution in [0.1, 0.15) is 30.4 Å². The summed E-state index contributed by atoms with van der Waals surface area (Å²) in [5, 5.41) is 0. The zero-order valence-corrected chi connectivity index (χ0v) is 15.0. The molecule has 1 aromatic carbocycles. The van der Waals surface area contributed by atoms with Gasteiger partial charge in [0, 0.05) is 20.2 Å². The zero-order valence-electron chi connectivity index (χ0n) is 15.0. The molecule has 1 heterocycles. The first kappa shape index (κ1) is 12.8. The highest BCUT2D eigenvalue weighted by atomic mass is 127. The molecule has 116 valence electrons. The fraction of sp³-hybridized carbons (Fsp3) is 0.500. The highest BCUT2D eigenvalue weighted by Crippen LogP contribution is 2.39. The fourth-order valence-corrected chi connectivity index (χ4v) is 4.85. The molecular formula is C14H19FIN3OS. The lowest BCUT2D eigenvalue weighted by molar-refractivity contribution is 0.491. The van der Waals surface area contributed by atoms with E-state index in [1.165, 1.54) is 6.07 Å². The van der Waals surface area contributed by atoms with Crippen LogP contribution in [-0.4, -0.2) is 27.5 Å². The van der Waals surface area contributed by atoms with Crippen molar-refractivity contribution in [3.63, 3.8) is 0 Å². The molecule has 1 aliphatic heterocycles. The molecule has 0 radical (unpaired) electrons. The number of hydrogen-bond donors (Lipinski definition) is 1. The molecule has 21 heavy (non-hydrogen) atoms. The average Bonchev–Trinajstić information content (AvgIpc) is 2.37. The second-order valence-electron chi connectivity index (χ2n) is 5.78. The van der Waals surface area contributed by atoms with E-state index < -0.39 is 32.8 Å². The molecule has 0 aromatic heterocycles. The Morgan fingerprint density at radius 2 is 2.19 bits per heavy atom. The topological polar surface area (TPSA) is 67.8 Å². The maximum Gasteiger partial charge on any atom is 0.128 e. The molecule has 4 nitrogen and oxygen atoms in total. The van der Waals surface area contributed by atoms with Gasteiger partial charge in [0.05, 0.1) is 15.5 Å². The number of nitrogens with zero attached hydrogens (tertiary/aromatic N) is 2. The minimum Gasteiger partial charge on any atom is -0.386 e. The average molecular weight is 426 g/mol. The van der Waals surface area contributed by atoms with Gasteiger partial charge < -0.3 is 5.73 Å². The van der Waals surface area contributed by atoms with E-state index in [4.69, 9.17) is 9.85 Å². The van der Waals surface area contributed by atoms with Gasteiger partial charge in [-0.15, -0.1) is 0 Å². The molecule has 0 amide bonds. The standard InChI is InChI=1S/C14H19FIN3OS/c1-13(2)12(17)19-14(3,8-21(13,20)18-4)10-7-9(16)5-6-11(10)15/h5-7H,8H2,1-4H3,(H2,17,19)/t14-,21?/m0/s1/i4D3. The summed E-state index contributed by atoms with van der Waals surface area (Å²) in [6, 6.07) is 4.50. The van der Waals surface area contributed by atoms with Crippen LogP contribution in [-0.2, 0) is 15.3 Å². The Bertz CT molecular complexity index is 831. The Kier molecular flexibility index (Phi) is 3.16. The predicted molar refractivity (Wildman–Crippen MR) is 93.5 cm³/mol. The molecule has 2 N–H and O–H groups in total. The van der Waals surface area contributed by atoms with E-state index in [0.29, 0.717) is 0 Å². The minimum atomic E-state index is -3.32. The van der Waals surface area contributed by atoms with Crippen LogP contribution in [0, 0.1) is 9.39 Å². The number of hydrogen-bond acceptors (Lipinski definition) is 4. The van der Waals surface area contributed by atoms with E-state index >= 15 is 0 Å². The highest BCUT2D eigenvalue weighted by molar-refractivity contribution is 14.1. The fourth-order valence-electron chi connectivity index (χ4n) is 2.35. The van der Waals surface area contributed by atoms with E-state index in [0.717, 1.165) is 3.57 Å². The first-order valence-electron chi connectivity index (χ1n) is 7.77. The third-order valence-electron chi connectivity index (χ3n) is 3.91. The van der Waals surface area contributed by atoms with E-state index in [-0.39, 0.29) is 17.2 Å². The molecule has 0 aliphatic carbocycles. The van der Waals surface area contributed by atoms with Crippen molar-refractivity contribution in [2.75, 3.05) is 12.7 Å². The Labute approximate surface area is 143 Å². The second kappa shape index (κ2) is 5.19. The molecule has 0 spiro atoms. The molecule has 0 fully saturated rings. The second-order valence-corrected chi connectivity index (χ2v) is 9.80. The quantitative estimate of drug-likeness (QED) is 0.702. The number of benzene rings is 1. The summed E-state index contributed by atoms with van der Waals surface area (Å²) in [6.07, 6.45) is 0. The van der Waals surface area contributed by atoms with Gasteiger partial charge in [0.1, 0.15) is 21.9 Å². The Hall–Kier alpha value is -0.700. The summed E-state index contributed by atoms with van der Waals surface area (Å²) in [6.45, 7) is 1.96. The van der Waals surface area contributed by atoms with Gasteiger partial charge >= 0.3 is 0 Å². The highest BCUT2D eigenvalue weighted by Gasteiger charge is 2.47. The van der Waals surface area contributed by atoms with Crippen molar-refractivity contribution in [1.29, 1.82) is 0 Å². The van der Waals surface area contributed by atoms with E-state index in [9.17, 15) is 8.60 Å². The van der Waals surface area contributed by atoms with Gasteiger partial charge in [-0.1, -0.05) is 0 Å². The summed E-state index contributed by atoms with van der Waals surface area (Å²) >= 11 is 2.04. The molecule has 2 rings (SSSR count). The van der Waals surface area contributed by atoms with Crippen LogP contribution in [0.15, 0.2) is 27.6 Å². The van der Waals surface area contributed by atoms with Crippen molar-refractivity contribution < 1.29 is 12.7 Å². The summed E-state index contributed by atoms with van der Waals surface area (Å²) in [7, 11) is -3.32. The normalized spacial score (nSPS) is 34.3. The molecule has 0 saturated heterocycles. The Morgan fingerprint density at radius 1 is 1.52 bits per heavy atom.